The maximum Gasteiger partial charge on any atom is 0.404 e. The SMILES string of the molecule is NCCC(=O)N[C@@H]1[C@H](O)[C@@H](OC(N)=O)[C@@H](CO)O[C@H]1NC1N[C@@H]2[C@H](O)C=NC(=O)[C@H]2N1. The molecule has 0 aromatic rings. The van der Waals surface area contributed by atoms with Gasteiger partial charge in [-0.2, -0.15) is 0 Å². The van der Waals surface area contributed by atoms with Crippen molar-refractivity contribution in [2.75, 3.05) is 13.2 Å². The highest BCUT2D eigenvalue weighted by atomic mass is 16.6. The number of carbonyl (C=O) groups excluding carboxylic acids is 3. The van der Waals surface area contributed by atoms with Gasteiger partial charge in [0.2, 0.25) is 5.91 Å². The van der Waals surface area contributed by atoms with Crippen LogP contribution < -0.4 is 32.7 Å². The quantitative estimate of drug-likeness (QED) is 0.178. The fourth-order valence-corrected chi connectivity index (χ4v) is 3.80. The van der Waals surface area contributed by atoms with Crippen LogP contribution in [0.5, 0.6) is 0 Å². The van der Waals surface area contributed by atoms with E-state index in [1.54, 1.807) is 0 Å². The number of nitrogens with one attached hydrogen (secondary N) is 4. The van der Waals surface area contributed by atoms with Crippen LogP contribution in [0.25, 0.3) is 0 Å². The number of rotatable bonds is 7. The fraction of sp³-hybridized carbons (Fsp3) is 0.750. The van der Waals surface area contributed by atoms with Gasteiger partial charge in [0, 0.05) is 19.2 Å². The molecule has 3 amide bonds. The highest BCUT2D eigenvalue weighted by Crippen LogP contribution is 2.24. The van der Waals surface area contributed by atoms with E-state index in [4.69, 9.17) is 20.9 Å². The van der Waals surface area contributed by atoms with Crippen LogP contribution in [0.4, 0.5) is 4.79 Å². The number of aliphatic hydroxyl groups is 3. The predicted octanol–water partition coefficient (Wildman–Crippen LogP) is -5.86. The Morgan fingerprint density at radius 1 is 1.32 bits per heavy atom. The lowest BCUT2D eigenvalue weighted by molar-refractivity contribution is -0.204. The molecule has 9 atom stereocenters. The molecule has 11 N–H and O–H groups in total. The van der Waals surface area contributed by atoms with Gasteiger partial charge in [0.15, 0.2) is 6.10 Å². The second-order valence-electron chi connectivity index (χ2n) is 7.35. The van der Waals surface area contributed by atoms with Crippen LogP contribution in [-0.4, -0.2) is 108 Å². The minimum Gasteiger partial charge on any atom is -0.441 e. The van der Waals surface area contributed by atoms with Gasteiger partial charge in [-0.05, 0) is 0 Å². The summed E-state index contributed by atoms with van der Waals surface area (Å²) in [5, 5.41) is 41.8. The number of aliphatic hydroxyl groups excluding tert-OH is 3. The van der Waals surface area contributed by atoms with Crippen LogP contribution in [0.1, 0.15) is 6.42 Å². The van der Waals surface area contributed by atoms with Crippen LogP contribution in [-0.2, 0) is 19.1 Å². The summed E-state index contributed by atoms with van der Waals surface area (Å²) >= 11 is 0. The normalized spacial score (nSPS) is 39.7. The number of fused-ring (bicyclic) bond motifs is 1. The van der Waals surface area contributed by atoms with E-state index in [-0.39, 0.29) is 13.0 Å². The predicted molar refractivity (Wildman–Crippen MR) is 102 cm³/mol. The second kappa shape index (κ2) is 9.92. The van der Waals surface area contributed by atoms with Gasteiger partial charge in [-0.3, -0.25) is 25.5 Å². The van der Waals surface area contributed by atoms with Crippen molar-refractivity contribution in [1.29, 1.82) is 0 Å². The first kappa shape index (κ1) is 23.4. The minimum absolute atomic E-state index is 0.0389. The number of amides is 3. The number of carbonyl (C=O) groups is 3. The first-order valence-corrected chi connectivity index (χ1v) is 9.69. The summed E-state index contributed by atoms with van der Waals surface area (Å²) in [6, 6.07) is -2.62. The van der Waals surface area contributed by atoms with Gasteiger partial charge < -0.3 is 41.6 Å². The zero-order chi connectivity index (χ0) is 22.7. The first-order chi connectivity index (χ1) is 14.7. The molecule has 0 aromatic heterocycles. The molecule has 0 bridgehead atoms. The lowest BCUT2D eigenvalue weighted by Crippen LogP contribution is -2.70. The van der Waals surface area contributed by atoms with E-state index in [1.807, 2.05) is 0 Å². The second-order valence-corrected chi connectivity index (χ2v) is 7.35. The van der Waals surface area contributed by atoms with E-state index < -0.39 is 79.6 Å². The summed E-state index contributed by atoms with van der Waals surface area (Å²) in [5.74, 6) is -0.977. The molecule has 3 rings (SSSR count). The largest absolute Gasteiger partial charge is 0.441 e. The number of primary amides is 1. The molecule has 174 valence electrons. The third-order valence-electron chi connectivity index (χ3n) is 5.23. The van der Waals surface area contributed by atoms with Gasteiger partial charge in [-0.1, -0.05) is 0 Å². The van der Waals surface area contributed by atoms with Crippen molar-refractivity contribution >= 4 is 24.1 Å². The van der Waals surface area contributed by atoms with Crippen LogP contribution in [0.3, 0.4) is 0 Å². The van der Waals surface area contributed by atoms with Crippen molar-refractivity contribution in [2.24, 2.45) is 16.5 Å². The van der Waals surface area contributed by atoms with E-state index in [0.717, 1.165) is 6.21 Å². The lowest BCUT2D eigenvalue weighted by atomic mass is 9.95. The maximum absolute atomic E-state index is 12.1. The highest BCUT2D eigenvalue weighted by Gasteiger charge is 2.50. The Bertz CT molecular complexity index is 724. The van der Waals surface area contributed by atoms with E-state index in [0.29, 0.717) is 0 Å². The standard InChI is InChI=1S/C16H27N7O8/c17-2-1-7(26)20-10-11(27)12(31-15(18)29)6(4-24)30-14(10)23-16-21-8-5(25)3-19-13(28)9(8)22-16/h3,5-6,8-12,14,16,21-25,27H,1-2,4,17H2,(H2,18,29)(H,20,26)/t5-,6-,8-,9+,10-,11+,12+,14-,16?/m1/s1. The van der Waals surface area contributed by atoms with Gasteiger partial charge >= 0.3 is 6.09 Å². The summed E-state index contributed by atoms with van der Waals surface area (Å²) in [5.41, 5.74) is 10.4. The van der Waals surface area contributed by atoms with E-state index in [2.05, 4.69) is 26.3 Å². The van der Waals surface area contributed by atoms with E-state index in [9.17, 15) is 29.7 Å². The summed E-state index contributed by atoms with van der Waals surface area (Å²) in [7, 11) is 0. The van der Waals surface area contributed by atoms with E-state index >= 15 is 0 Å². The van der Waals surface area contributed by atoms with Crippen molar-refractivity contribution in [2.45, 2.75) is 61.5 Å². The molecule has 0 aromatic carbocycles. The van der Waals surface area contributed by atoms with Crippen LogP contribution in [0.15, 0.2) is 4.99 Å². The highest BCUT2D eigenvalue weighted by molar-refractivity contribution is 5.94. The summed E-state index contributed by atoms with van der Waals surface area (Å²) in [4.78, 5) is 38.9. The van der Waals surface area contributed by atoms with Gasteiger partial charge in [-0.15, -0.1) is 0 Å². The van der Waals surface area contributed by atoms with Crippen molar-refractivity contribution in [1.82, 2.24) is 21.3 Å². The molecule has 0 aliphatic carbocycles. The van der Waals surface area contributed by atoms with E-state index in [1.165, 1.54) is 0 Å². The molecule has 3 aliphatic heterocycles. The molecule has 2 fully saturated rings. The fourth-order valence-electron chi connectivity index (χ4n) is 3.80. The van der Waals surface area contributed by atoms with Gasteiger partial charge in [-0.25, -0.2) is 9.79 Å². The van der Waals surface area contributed by atoms with Gasteiger partial charge in [0.25, 0.3) is 5.91 Å². The Morgan fingerprint density at radius 3 is 2.68 bits per heavy atom. The molecule has 3 heterocycles. The number of nitrogens with zero attached hydrogens (tertiary/aromatic N) is 1. The van der Waals surface area contributed by atoms with Crippen LogP contribution in [0.2, 0.25) is 0 Å². The summed E-state index contributed by atoms with van der Waals surface area (Å²) in [6.45, 7) is -0.568. The molecule has 15 nitrogen and oxygen atoms in total. The first-order valence-electron chi connectivity index (χ1n) is 9.69. The number of hydrogen-bond donors (Lipinski definition) is 9. The molecule has 3 aliphatic rings. The summed E-state index contributed by atoms with van der Waals surface area (Å²) in [6.07, 6.45) is -7.05. The van der Waals surface area contributed by atoms with Crippen LogP contribution >= 0.6 is 0 Å². The molecule has 0 spiro atoms. The molecule has 2 saturated heterocycles. The number of nitrogens with two attached hydrogens (primary N) is 2. The Morgan fingerprint density at radius 2 is 2.06 bits per heavy atom. The van der Waals surface area contributed by atoms with Gasteiger partial charge in [0.1, 0.15) is 36.9 Å². The molecule has 31 heavy (non-hydrogen) atoms. The minimum atomic E-state index is -1.50. The average molecular weight is 445 g/mol. The van der Waals surface area contributed by atoms with Gasteiger partial charge in [0.05, 0.1) is 18.7 Å². The molecule has 15 heteroatoms. The monoisotopic (exact) mass is 445 g/mol. The smallest absolute Gasteiger partial charge is 0.404 e. The Labute approximate surface area is 176 Å². The van der Waals surface area contributed by atoms with Crippen LogP contribution in [0, 0.1) is 0 Å². The molecule has 0 saturated carbocycles. The van der Waals surface area contributed by atoms with Crippen molar-refractivity contribution in [3.8, 4) is 0 Å². The molecule has 1 unspecified atom stereocenters. The number of ether oxygens (including phenoxy) is 2. The number of aliphatic imine (C=N–C) groups is 1. The average Bonchev–Trinajstić information content (AvgIpc) is 3.14. The summed E-state index contributed by atoms with van der Waals surface area (Å²) < 4.78 is 10.6. The molecular weight excluding hydrogens is 418 g/mol. The third kappa shape index (κ3) is 5.16. The third-order valence-corrected chi connectivity index (χ3v) is 5.23. The Kier molecular flexibility index (Phi) is 7.50. The van der Waals surface area contributed by atoms with Crippen molar-refractivity contribution in [3.05, 3.63) is 0 Å². The Hall–Kier alpha value is -2.24. The topological polar surface area (TPSA) is 243 Å². The maximum atomic E-state index is 12.1. The van der Waals surface area contributed by atoms with Crippen molar-refractivity contribution in [3.63, 3.8) is 0 Å². The zero-order valence-corrected chi connectivity index (χ0v) is 16.4. The Balaban J connectivity index is 1.76. The molecular formula is C16H27N7O8. The van der Waals surface area contributed by atoms with Crippen molar-refractivity contribution < 1.29 is 39.2 Å². The zero-order valence-electron chi connectivity index (χ0n) is 16.4. The lowest BCUT2D eigenvalue weighted by Gasteiger charge is -2.44. The number of hydrogen-bond acceptors (Lipinski definition) is 12. The molecule has 0 radical (unpaired) electrons.